The van der Waals surface area contributed by atoms with Gasteiger partial charge in [-0.1, -0.05) is 11.6 Å². The van der Waals surface area contributed by atoms with Gasteiger partial charge in [0, 0.05) is 4.88 Å². The first-order valence-corrected chi connectivity index (χ1v) is 9.28. The van der Waals surface area contributed by atoms with Crippen LogP contribution in [-0.4, -0.2) is 11.0 Å². The molecule has 3 rings (SSSR count). The van der Waals surface area contributed by atoms with Gasteiger partial charge in [0.2, 0.25) is 0 Å². The minimum Gasteiger partial charge on any atom is -0.386 e. The summed E-state index contributed by atoms with van der Waals surface area (Å²) in [5.41, 5.74) is 9.31. The van der Waals surface area contributed by atoms with Crippen molar-refractivity contribution in [2.45, 2.75) is 19.4 Å². The quantitative estimate of drug-likeness (QED) is 0.471. The normalized spacial score (nSPS) is 13.9. The van der Waals surface area contributed by atoms with Gasteiger partial charge >= 0.3 is 0 Å². The largest absolute Gasteiger partial charge is 0.386 e. The van der Waals surface area contributed by atoms with Crippen molar-refractivity contribution < 1.29 is 18.7 Å². The topological polar surface area (TPSA) is 99.4 Å². The molecule has 0 bridgehead atoms. The lowest BCUT2D eigenvalue weighted by atomic mass is 9.96. The molecule has 0 unspecified atom stereocenters. The number of hydrogen-bond acceptors (Lipinski definition) is 6. The standard InChI is InChI=1S/C18H17ClF2N4O2S/c1-18(2,27)8-5-10(20)15(11(21)6-8)12-7-9(16(22)26)17(28-12)23-14-4-3-13(19)24-25-14/h3-7,23-25,27H,1-2H3,(H2,22,26). The molecule has 0 radical (unpaired) electrons. The molecule has 148 valence electrons. The monoisotopic (exact) mass is 426 g/mol. The van der Waals surface area contributed by atoms with Crippen molar-refractivity contribution in [2.24, 2.45) is 5.73 Å². The number of thiophene rings is 1. The van der Waals surface area contributed by atoms with Crippen LogP contribution in [0.1, 0.15) is 29.8 Å². The number of carbonyl (C=O) groups is 1. The van der Waals surface area contributed by atoms with Gasteiger partial charge in [-0.3, -0.25) is 15.6 Å². The highest BCUT2D eigenvalue weighted by Gasteiger charge is 2.24. The van der Waals surface area contributed by atoms with Crippen LogP contribution in [0.15, 0.2) is 41.3 Å². The number of amides is 1. The third kappa shape index (κ3) is 4.11. The van der Waals surface area contributed by atoms with Gasteiger partial charge in [0.05, 0.1) is 16.7 Å². The highest BCUT2D eigenvalue weighted by Crippen LogP contribution is 2.39. The SMILES string of the molecule is CC(C)(O)c1cc(F)c(-c2cc(C(N)=O)c(NC3=CC=C(Cl)NN3)s2)c(F)c1. The fourth-order valence-corrected chi connectivity index (χ4v) is 3.75. The lowest BCUT2D eigenvalue weighted by Gasteiger charge is -2.19. The Kier molecular flexibility index (Phi) is 5.33. The molecular formula is C18H17ClF2N4O2S. The number of allylic oxidation sites excluding steroid dienone is 2. The molecule has 0 atom stereocenters. The van der Waals surface area contributed by atoms with Crippen LogP contribution in [0.25, 0.3) is 10.4 Å². The summed E-state index contributed by atoms with van der Waals surface area (Å²) >= 11 is 6.73. The average molecular weight is 427 g/mol. The fraction of sp³-hybridized carbons (Fsp3) is 0.167. The maximum absolute atomic E-state index is 14.6. The van der Waals surface area contributed by atoms with E-state index in [0.717, 1.165) is 23.5 Å². The van der Waals surface area contributed by atoms with Gasteiger partial charge in [-0.15, -0.1) is 11.3 Å². The number of anilines is 1. The number of aliphatic hydroxyl groups is 1. The molecule has 1 aliphatic heterocycles. The summed E-state index contributed by atoms with van der Waals surface area (Å²) in [6.45, 7) is 2.86. The van der Waals surface area contributed by atoms with E-state index >= 15 is 0 Å². The molecule has 6 nitrogen and oxygen atoms in total. The van der Waals surface area contributed by atoms with Crippen LogP contribution in [0.5, 0.6) is 0 Å². The van der Waals surface area contributed by atoms with Crippen LogP contribution in [0.4, 0.5) is 13.8 Å². The smallest absolute Gasteiger partial charge is 0.251 e. The van der Waals surface area contributed by atoms with E-state index in [0.29, 0.717) is 16.0 Å². The Morgan fingerprint density at radius 2 is 1.86 bits per heavy atom. The first kappa shape index (κ1) is 20.1. The third-order valence-electron chi connectivity index (χ3n) is 3.95. The van der Waals surface area contributed by atoms with E-state index in [-0.39, 0.29) is 21.6 Å². The van der Waals surface area contributed by atoms with Crippen LogP contribution in [-0.2, 0) is 5.60 Å². The lowest BCUT2D eigenvalue weighted by Crippen LogP contribution is -2.34. The Labute approximate surface area is 168 Å². The van der Waals surface area contributed by atoms with E-state index in [9.17, 15) is 18.7 Å². The van der Waals surface area contributed by atoms with Gasteiger partial charge in [0.25, 0.3) is 5.91 Å². The second kappa shape index (κ2) is 7.42. The van der Waals surface area contributed by atoms with Crippen molar-refractivity contribution in [3.63, 3.8) is 0 Å². The molecule has 1 aromatic carbocycles. The molecule has 1 aliphatic rings. The Hall–Kier alpha value is -2.62. The molecular weight excluding hydrogens is 410 g/mol. The first-order valence-electron chi connectivity index (χ1n) is 8.08. The summed E-state index contributed by atoms with van der Waals surface area (Å²) in [5.74, 6) is -2.00. The molecule has 0 spiro atoms. The number of carbonyl (C=O) groups excluding carboxylic acids is 1. The zero-order valence-electron chi connectivity index (χ0n) is 14.9. The molecule has 2 aromatic rings. The van der Waals surface area contributed by atoms with Crippen LogP contribution >= 0.6 is 22.9 Å². The zero-order valence-corrected chi connectivity index (χ0v) is 16.4. The highest BCUT2D eigenvalue weighted by molar-refractivity contribution is 7.19. The van der Waals surface area contributed by atoms with Gasteiger partial charge in [0.15, 0.2) is 0 Å². The molecule has 0 fully saturated rings. The summed E-state index contributed by atoms with van der Waals surface area (Å²) < 4.78 is 29.3. The number of hydrogen-bond donors (Lipinski definition) is 5. The zero-order chi connectivity index (χ0) is 20.6. The van der Waals surface area contributed by atoms with Gasteiger partial charge in [0.1, 0.15) is 27.6 Å². The fourth-order valence-electron chi connectivity index (χ4n) is 2.51. The van der Waals surface area contributed by atoms with E-state index < -0.39 is 23.1 Å². The second-order valence-corrected chi connectivity index (χ2v) is 8.02. The van der Waals surface area contributed by atoms with Gasteiger partial charge in [-0.25, -0.2) is 8.78 Å². The van der Waals surface area contributed by atoms with E-state index in [2.05, 4.69) is 16.2 Å². The maximum atomic E-state index is 14.6. The maximum Gasteiger partial charge on any atom is 0.251 e. The summed E-state index contributed by atoms with van der Waals surface area (Å²) in [4.78, 5) is 12.0. The number of primary amides is 1. The van der Waals surface area contributed by atoms with Crippen molar-refractivity contribution in [1.29, 1.82) is 0 Å². The number of rotatable bonds is 5. The van der Waals surface area contributed by atoms with Crippen molar-refractivity contribution in [1.82, 2.24) is 10.9 Å². The van der Waals surface area contributed by atoms with E-state index in [1.54, 1.807) is 12.2 Å². The number of nitrogens with two attached hydrogens (primary N) is 1. The van der Waals surface area contributed by atoms with Crippen LogP contribution in [0.3, 0.4) is 0 Å². The summed E-state index contributed by atoms with van der Waals surface area (Å²) in [6.07, 6.45) is 3.19. The van der Waals surface area contributed by atoms with Gasteiger partial charge in [-0.2, -0.15) is 0 Å². The predicted octanol–water partition coefficient (Wildman–Crippen LogP) is 3.46. The van der Waals surface area contributed by atoms with Crippen molar-refractivity contribution in [2.75, 3.05) is 5.32 Å². The molecule has 10 heteroatoms. The summed E-state index contributed by atoms with van der Waals surface area (Å²) in [6, 6.07) is 3.45. The van der Waals surface area contributed by atoms with Crippen molar-refractivity contribution >= 4 is 33.8 Å². The van der Waals surface area contributed by atoms with E-state index in [4.69, 9.17) is 17.3 Å². The van der Waals surface area contributed by atoms with Crippen molar-refractivity contribution in [3.8, 4) is 10.4 Å². The average Bonchev–Trinajstić information content (AvgIpc) is 2.99. The summed E-state index contributed by atoms with van der Waals surface area (Å²) in [5, 5.41) is 13.6. The van der Waals surface area contributed by atoms with Crippen LogP contribution in [0.2, 0.25) is 0 Å². The second-order valence-electron chi connectivity index (χ2n) is 6.56. The molecule has 1 amide bonds. The summed E-state index contributed by atoms with van der Waals surface area (Å²) in [7, 11) is 0. The third-order valence-corrected chi connectivity index (χ3v) is 5.24. The van der Waals surface area contributed by atoms with Gasteiger partial charge in [-0.05, 0) is 49.8 Å². The van der Waals surface area contributed by atoms with Crippen LogP contribution in [0, 0.1) is 11.6 Å². The minimum atomic E-state index is -1.40. The first-order chi connectivity index (χ1) is 13.1. The highest BCUT2D eigenvalue weighted by atomic mass is 35.5. The van der Waals surface area contributed by atoms with Crippen molar-refractivity contribution in [3.05, 3.63) is 64.1 Å². The Morgan fingerprint density at radius 3 is 2.36 bits per heavy atom. The number of hydrazine groups is 1. The van der Waals surface area contributed by atoms with E-state index in [1.807, 2.05) is 0 Å². The van der Waals surface area contributed by atoms with Gasteiger partial charge < -0.3 is 16.2 Å². The minimum absolute atomic E-state index is 0.0775. The van der Waals surface area contributed by atoms with E-state index in [1.165, 1.54) is 19.9 Å². The molecule has 0 saturated carbocycles. The lowest BCUT2D eigenvalue weighted by molar-refractivity contribution is 0.0778. The number of benzene rings is 1. The Balaban J connectivity index is 2.03. The number of nitrogens with one attached hydrogen (secondary N) is 3. The van der Waals surface area contributed by atoms with Crippen LogP contribution < -0.4 is 21.9 Å². The molecule has 28 heavy (non-hydrogen) atoms. The Morgan fingerprint density at radius 1 is 1.21 bits per heavy atom. The molecule has 0 saturated heterocycles. The molecule has 1 aromatic heterocycles. The molecule has 6 N–H and O–H groups in total. The molecule has 0 aliphatic carbocycles. The number of halogens is 3. The molecule has 2 heterocycles. The Bertz CT molecular complexity index is 988. The predicted molar refractivity (Wildman–Crippen MR) is 105 cm³/mol.